The minimum absolute atomic E-state index is 0.0177. The van der Waals surface area contributed by atoms with Crippen molar-refractivity contribution in [1.29, 1.82) is 0 Å². The highest BCUT2D eigenvalue weighted by molar-refractivity contribution is 5.85. The van der Waals surface area contributed by atoms with Crippen LogP contribution in [0.1, 0.15) is 29.2 Å². The van der Waals surface area contributed by atoms with Crippen molar-refractivity contribution in [2.24, 2.45) is 5.73 Å². The summed E-state index contributed by atoms with van der Waals surface area (Å²) in [6.07, 6.45) is 5.72. The van der Waals surface area contributed by atoms with Crippen molar-refractivity contribution < 1.29 is 0 Å². The number of hydrogen-bond acceptors (Lipinski definition) is 2. The van der Waals surface area contributed by atoms with Gasteiger partial charge < -0.3 is 5.73 Å². The zero-order valence-electron chi connectivity index (χ0n) is 12.3. The van der Waals surface area contributed by atoms with Crippen LogP contribution in [0.5, 0.6) is 0 Å². The Balaban J connectivity index is 1.79. The summed E-state index contributed by atoms with van der Waals surface area (Å²) in [7, 11) is 0. The van der Waals surface area contributed by atoms with Crippen molar-refractivity contribution in [3.63, 3.8) is 0 Å². The van der Waals surface area contributed by atoms with Gasteiger partial charge in [0.1, 0.15) is 0 Å². The minimum Gasteiger partial charge on any atom is -0.324 e. The first kappa shape index (κ1) is 13.8. The Hall–Kier alpha value is -2.19. The normalized spacial score (nSPS) is 12.5. The average Bonchev–Trinajstić information content (AvgIpc) is 2.52. The van der Waals surface area contributed by atoms with Crippen LogP contribution >= 0.6 is 0 Å². The van der Waals surface area contributed by atoms with Crippen LogP contribution in [0.15, 0.2) is 60.9 Å². The molecule has 1 unspecified atom stereocenters. The van der Waals surface area contributed by atoms with Gasteiger partial charge in [-0.3, -0.25) is 4.98 Å². The summed E-state index contributed by atoms with van der Waals surface area (Å²) < 4.78 is 0. The van der Waals surface area contributed by atoms with Crippen LogP contribution in [0.3, 0.4) is 0 Å². The molecule has 0 aliphatic carbocycles. The van der Waals surface area contributed by atoms with E-state index in [4.69, 9.17) is 5.73 Å². The van der Waals surface area contributed by atoms with Crippen molar-refractivity contribution in [1.82, 2.24) is 4.98 Å². The molecule has 0 aliphatic heterocycles. The standard InChI is InChI=1S/C19H20N2/c1-14-5-4-6-15(11-14)9-10-19(20)18-13-21-12-16-7-2-3-8-17(16)18/h2-8,11-13,19H,9-10,20H2,1H3. The molecule has 0 amide bonds. The molecule has 1 heterocycles. The highest BCUT2D eigenvalue weighted by Crippen LogP contribution is 2.24. The van der Waals surface area contributed by atoms with Gasteiger partial charge in [-0.05, 0) is 36.3 Å². The fourth-order valence-corrected chi connectivity index (χ4v) is 2.78. The van der Waals surface area contributed by atoms with Gasteiger partial charge in [0.2, 0.25) is 0 Å². The summed E-state index contributed by atoms with van der Waals surface area (Å²) in [5.41, 5.74) is 10.2. The van der Waals surface area contributed by atoms with Crippen LogP contribution in [0.25, 0.3) is 10.8 Å². The molecule has 106 valence electrons. The number of aryl methyl sites for hydroxylation is 2. The molecule has 0 spiro atoms. The van der Waals surface area contributed by atoms with E-state index in [2.05, 4.69) is 54.4 Å². The molecular weight excluding hydrogens is 256 g/mol. The molecule has 21 heavy (non-hydrogen) atoms. The molecule has 0 radical (unpaired) electrons. The summed E-state index contributed by atoms with van der Waals surface area (Å²) in [6.45, 7) is 2.12. The van der Waals surface area contributed by atoms with E-state index >= 15 is 0 Å². The minimum atomic E-state index is 0.0177. The lowest BCUT2D eigenvalue weighted by molar-refractivity contribution is 0.653. The Bertz CT molecular complexity index is 744. The van der Waals surface area contributed by atoms with Gasteiger partial charge in [-0.1, -0.05) is 54.1 Å². The lowest BCUT2D eigenvalue weighted by Crippen LogP contribution is -2.12. The first-order chi connectivity index (χ1) is 10.2. The van der Waals surface area contributed by atoms with Crippen molar-refractivity contribution in [2.75, 3.05) is 0 Å². The van der Waals surface area contributed by atoms with Crippen LogP contribution in [0.2, 0.25) is 0 Å². The van der Waals surface area contributed by atoms with Crippen LogP contribution < -0.4 is 5.73 Å². The fourth-order valence-electron chi connectivity index (χ4n) is 2.78. The van der Waals surface area contributed by atoms with E-state index in [1.165, 1.54) is 16.5 Å². The van der Waals surface area contributed by atoms with Gasteiger partial charge in [-0.15, -0.1) is 0 Å². The third-order valence-corrected chi connectivity index (χ3v) is 3.93. The molecule has 1 atom stereocenters. The molecule has 2 nitrogen and oxygen atoms in total. The number of fused-ring (bicyclic) bond motifs is 1. The number of nitrogens with zero attached hydrogens (tertiary/aromatic N) is 1. The second-order valence-corrected chi connectivity index (χ2v) is 5.58. The number of rotatable bonds is 4. The number of nitrogens with two attached hydrogens (primary N) is 1. The predicted octanol–water partition coefficient (Wildman–Crippen LogP) is 4.18. The Kier molecular flexibility index (Phi) is 3.98. The van der Waals surface area contributed by atoms with E-state index in [-0.39, 0.29) is 6.04 Å². The van der Waals surface area contributed by atoms with Gasteiger partial charge in [0.15, 0.2) is 0 Å². The summed E-state index contributed by atoms with van der Waals surface area (Å²) in [5, 5.41) is 2.37. The molecule has 0 bridgehead atoms. The molecule has 2 aromatic carbocycles. The van der Waals surface area contributed by atoms with E-state index in [1.54, 1.807) is 0 Å². The first-order valence-corrected chi connectivity index (χ1v) is 7.38. The summed E-state index contributed by atoms with van der Waals surface area (Å²) in [5.74, 6) is 0. The Morgan fingerprint density at radius 1 is 1.05 bits per heavy atom. The highest BCUT2D eigenvalue weighted by atomic mass is 14.7. The molecular formula is C19H20N2. The molecule has 2 N–H and O–H groups in total. The van der Waals surface area contributed by atoms with Gasteiger partial charge in [0, 0.05) is 23.8 Å². The molecule has 0 aliphatic rings. The highest BCUT2D eigenvalue weighted by Gasteiger charge is 2.10. The number of benzene rings is 2. The van der Waals surface area contributed by atoms with Gasteiger partial charge in [-0.25, -0.2) is 0 Å². The lowest BCUT2D eigenvalue weighted by atomic mass is 9.96. The smallest absolute Gasteiger partial charge is 0.0346 e. The second kappa shape index (κ2) is 6.06. The van der Waals surface area contributed by atoms with E-state index in [0.29, 0.717) is 0 Å². The van der Waals surface area contributed by atoms with E-state index < -0.39 is 0 Å². The third kappa shape index (κ3) is 3.11. The van der Waals surface area contributed by atoms with Crippen LogP contribution in [-0.2, 0) is 6.42 Å². The van der Waals surface area contributed by atoms with E-state index in [0.717, 1.165) is 23.8 Å². The molecule has 0 saturated carbocycles. The zero-order chi connectivity index (χ0) is 14.7. The van der Waals surface area contributed by atoms with Gasteiger partial charge in [0.25, 0.3) is 0 Å². The summed E-state index contributed by atoms with van der Waals surface area (Å²) >= 11 is 0. The second-order valence-electron chi connectivity index (χ2n) is 5.58. The molecule has 0 saturated heterocycles. The number of pyridine rings is 1. The fraction of sp³-hybridized carbons (Fsp3) is 0.211. The molecule has 3 rings (SSSR count). The molecule has 0 fully saturated rings. The maximum atomic E-state index is 6.41. The summed E-state index contributed by atoms with van der Waals surface area (Å²) in [6, 6.07) is 16.9. The Morgan fingerprint density at radius 3 is 2.76 bits per heavy atom. The SMILES string of the molecule is Cc1cccc(CCC(N)c2cncc3ccccc23)c1. The van der Waals surface area contributed by atoms with Crippen LogP contribution in [0.4, 0.5) is 0 Å². The van der Waals surface area contributed by atoms with Crippen LogP contribution in [-0.4, -0.2) is 4.98 Å². The first-order valence-electron chi connectivity index (χ1n) is 7.38. The third-order valence-electron chi connectivity index (χ3n) is 3.93. The van der Waals surface area contributed by atoms with E-state index in [1.807, 2.05) is 18.5 Å². The van der Waals surface area contributed by atoms with Crippen molar-refractivity contribution in [3.8, 4) is 0 Å². The average molecular weight is 276 g/mol. The Labute approximate surface area is 125 Å². The Morgan fingerprint density at radius 2 is 1.90 bits per heavy atom. The number of hydrogen-bond donors (Lipinski definition) is 1. The lowest BCUT2D eigenvalue weighted by Gasteiger charge is -2.14. The largest absolute Gasteiger partial charge is 0.324 e. The predicted molar refractivity (Wildman–Crippen MR) is 88.2 cm³/mol. The van der Waals surface area contributed by atoms with Crippen molar-refractivity contribution in [3.05, 3.63) is 77.6 Å². The summed E-state index contributed by atoms with van der Waals surface area (Å²) in [4.78, 5) is 4.32. The van der Waals surface area contributed by atoms with E-state index in [9.17, 15) is 0 Å². The monoisotopic (exact) mass is 276 g/mol. The van der Waals surface area contributed by atoms with Crippen LogP contribution in [0, 0.1) is 6.92 Å². The number of aromatic nitrogens is 1. The maximum absolute atomic E-state index is 6.41. The van der Waals surface area contributed by atoms with Gasteiger partial charge in [0.05, 0.1) is 0 Å². The van der Waals surface area contributed by atoms with Gasteiger partial charge in [-0.2, -0.15) is 0 Å². The van der Waals surface area contributed by atoms with Gasteiger partial charge >= 0.3 is 0 Å². The van der Waals surface area contributed by atoms with Crippen molar-refractivity contribution >= 4 is 10.8 Å². The molecule has 1 aromatic heterocycles. The quantitative estimate of drug-likeness (QED) is 0.776. The molecule has 2 heteroatoms. The topological polar surface area (TPSA) is 38.9 Å². The maximum Gasteiger partial charge on any atom is 0.0346 e. The van der Waals surface area contributed by atoms with Crippen molar-refractivity contribution in [2.45, 2.75) is 25.8 Å². The molecule has 3 aromatic rings. The zero-order valence-corrected chi connectivity index (χ0v) is 12.3.